The molecule has 0 amide bonds. The van der Waals surface area contributed by atoms with Gasteiger partial charge in [-0.15, -0.1) is 0 Å². The molecule has 0 saturated heterocycles. The van der Waals surface area contributed by atoms with Crippen molar-refractivity contribution in [2.24, 2.45) is 11.8 Å². The van der Waals surface area contributed by atoms with Crippen molar-refractivity contribution in [3.63, 3.8) is 0 Å². The first-order valence-electron chi connectivity index (χ1n) is 6.60. The highest BCUT2D eigenvalue weighted by atomic mass is 16.3. The molecule has 1 fully saturated rings. The van der Waals surface area contributed by atoms with E-state index < -0.39 is 0 Å². The van der Waals surface area contributed by atoms with Gasteiger partial charge >= 0.3 is 0 Å². The number of aliphatic hydroxyl groups is 1. The molecular weight excluding hydrogens is 186 g/mol. The van der Waals surface area contributed by atoms with Gasteiger partial charge in [0.15, 0.2) is 0 Å². The lowest BCUT2D eigenvalue weighted by Crippen LogP contribution is -2.36. The van der Waals surface area contributed by atoms with E-state index in [1.807, 2.05) is 0 Å². The molecule has 0 bridgehead atoms. The second kappa shape index (κ2) is 7.24. The molecule has 0 aromatic carbocycles. The predicted octanol–water partition coefficient (Wildman–Crippen LogP) is 2.56. The third-order valence-electron chi connectivity index (χ3n) is 3.83. The third kappa shape index (κ3) is 4.98. The van der Waals surface area contributed by atoms with Crippen LogP contribution >= 0.6 is 0 Å². The Morgan fingerprint density at radius 3 is 2.47 bits per heavy atom. The van der Waals surface area contributed by atoms with Crippen LogP contribution in [0.4, 0.5) is 0 Å². The van der Waals surface area contributed by atoms with Gasteiger partial charge in [-0.25, -0.2) is 0 Å². The average molecular weight is 213 g/mol. The quantitative estimate of drug-likeness (QED) is 0.711. The summed E-state index contributed by atoms with van der Waals surface area (Å²) >= 11 is 0. The van der Waals surface area contributed by atoms with E-state index >= 15 is 0 Å². The molecule has 2 N–H and O–H groups in total. The van der Waals surface area contributed by atoms with Crippen LogP contribution in [0.15, 0.2) is 0 Å². The number of aliphatic hydroxyl groups excluding tert-OH is 1. The Bertz CT molecular complexity index is 153. The summed E-state index contributed by atoms with van der Waals surface area (Å²) in [6, 6.07) is 0.744. The summed E-state index contributed by atoms with van der Waals surface area (Å²) in [6.07, 6.45) is 7.58. The lowest BCUT2D eigenvalue weighted by atomic mass is 9.87. The number of hydrogen-bond donors (Lipinski definition) is 2. The fourth-order valence-electron chi connectivity index (χ4n) is 2.43. The van der Waals surface area contributed by atoms with Crippen LogP contribution in [0.2, 0.25) is 0 Å². The molecular formula is C13H27NO. The highest BCUT2D eigenvalue weighted by molar-refractivity contribution is 4.76. The van der Waals surface area contributed by atoms with Crippen molar-refractivity contribution >= 4 is 0 Å². The lowest BCUT2D eigenvalue weighted by Gasteiger charge is -2.28. The van der Waals surface area contributed by atoms with Gasteiger partial charge in [-0.1, -0.05) is 20.3 Å². The predicted molar refractivity (Wildman–Crippen MR) is 64.9 cm³/mol. The molecule has 15 heavy (non-hydrogen) atoms. The van der Waals surface area contributed by atoms with Gasteiger partial charge in [0.1, 0.15) is 0 Å². The van der Waals surface area contributed by atoms with Crippen LogP contribution < -0.4 is 5.32 Å². The Morgan fingerprint density at radius 1 is 1.27 bits per heavy atom. The Kier molecular flexibility index (Phi) is 6.26. The van der Waals surface area contributed by atoms with Crippen LogP contribution in [0.5, 0.6) is 0 Å². The Morgan fingerprint density at radius 2 is 1.93 bits per heavy atom. The number of nitrogens with one attached hydrogen (secondary N) is 1. The van der Waals surface area contributed by atoms with E-state index in [0.29, 0.717) is 12.5 Å². The Balaban J connectivity index is 2.12. The van der Waals surface area contributed by atoms with Crippen LogP contribution in [-0.2, 0) is 0 Å². The van der Waals surface area contributed by atoms with Crippen LogP contribution in [-0.4, -0.2) is 24.3 Å². The van der Waals surface area contributed by atoms with Crippen molar-refractivity contribution in [1.82, 2.24) is 5.32 Å². The topological polar surface area (TPSA) is 32.3 Å². The minimum absolute atomic E-state index is 0.335. The Hall–Kier alpha value is -0.0800. The fraction of sp³-hybridized carbons (Fsp3) is 1.00. The zero-order valence-corrected chi connectivity index (χ0v) is 10.3. The van der Waals surface area contributed by atoms with Gasteiger partial charge in [0.2, 0.25) is 0 Å². The summed E-state index contributed by atoms with van der Waals surface area (Å²) in [4.78, 5) is 0. The van der Waals surface area contributed by atoms with Crippen molar-refractivity contribution in [3.8, 4) is 0 Å². The molecule has 1 atom stereocenters. The summed E-state index contributed by atoms with van der Waals surface area (Å²) in [5, 5.41) is 12.6. The van der Waals surface area contributed by atoms with Gasteiger partial charge in [0.25, 0.3) is 0 Å². The van der Waals surface area contributed by atoms with Gasteiger partial charge in [-0.05, 0) is 50.5 Å². The monoisotopic (exact) mass is 213 g/mol. The maximum atomic E-state index is 8.91. The SMILES string of the molecule is CCC(CCO)CNC1CCC(C)CC1. The molecule has 1 aliphatic carbocycles. The largest absolute Gasteiger partial charge is 0.396 e. The van der Waals surface area contributed by atoms with Gasteiger partial charge in [0, 0.05) is 12.6 Å². The van der Waals surface area contributed by atoms with E-state index in [4.69, 9.17) is 5.11 Å². The molecule has 1 rings (SSSR count). The molecule has 0 spiro atoms. The zero-order chi connectivity index (χ0) is 11.1. The van der Waals surface area contributed by atoms with E-state index in [2.05, 4.69) is 19.2 Å². The first kappa shape index (κ1) is 13.0. The van der Waals surface area contributed by atoms with Crippen molar-refractivity contribution in [2.75, 3.05) is 13.2 Å². The van der Waals surface area contributed by atoms with E-state index in [9.17, 15) is 0 Å². The molecule has 0 aliphatic heterocycles. The van der Waals surface area contributed by atoms with Gasteiger partial charge < -0.3 is 10.4 Å². The zero-order valence-electron chi connectivity index (χ0n) is 10.3. The van der Waals surface area contributed by atoms with Crippen molar-refractivity contribution in [2.45, 2.75) is 58.4 Å². The summed E-state index contributed by atoms with van der Waals surface area (Å²) in [7, 11) is 0. The number of hydrogen-bond acceptors (Lipinski definition) is 2. The number of rotatable bonds is 6. The molecule has 0 heterocycles. The standard InChI is InChI=1S/C13H27NO/c1-3-12(8-9-15)10-14-13-6-4-11(2)5-7-13/h11-15H,3-10H2,1-2H3. The summed E-state index contributed by atoms with van der Waals surface area (Å²) in [5.74, 6) is 1.59. The first-order chi connectivity index (χ1) is 7.26. The first-order valence-corrected chi connectivity index (χ1v) is 6.60. The molecule has 0 aromatic rings. The summed E-state index contributed by atoms with van der Waals surface area (Å²) < 4.78 is 0. The molecule has 90 valence electrons. The minimum atomic E-state index is 0.335. The minimum Gasteiger partial charge on any atom is -0.396 e. The summed E-state index contributed by atoms with van der Waals surface area (Å²) in [6.45, 7) is 6.00. The Labute approximate surface area is 94.5 Å². The van der Waals surface area contributed by atoms with E-state index in [1.165, 1.54) is 32.1 Å². The molecule has 0 radical (unpaired) electrons. The van der Waals surface area contributed by atoms with Gasteiger partial charge in [-0.3, -0.25) is 0 Å². The molecule has 1 unspecified atom stereocenters. The van der Waals surface area contributed by atoms with Crippen LogP contribution in [0.1, 0.15) is 52.4 Å². The lowest BCUT2D eigenvalue weighted by molar-refractivity contribution is 0.239. The molecule has 2 nitrogen and oxygen atoms in total. The van der Waals surface area contributed by atoms with Gasteiger partial charge in [-0.2, -0.15) is 0 Å². The van der Waals surface area contributed by atoms with E-state index in [1.54, 1.807) is 0 Å². The van der Waals surface area contributed by atoms with Crippen molar-refractivity contribution in [1.29, 1.82) is 0 Å². The van der Waals surface area contributed by atoms with Crippen molar-refractivity contribution < 1.29 is 5.11 Å². The van der Waals surface area contributed by atoms with Crippen LogP contribution in [0, 0.1) is 11.8 Å². The van der Waals surface area contributed by atoms with E-state index in [0.717, 1.165) is 24.9 Å². The second-order valence-corrected chi connectivity index (χ2v) is 5.15. The van der Waals surface area contributed by atoms with Crippen molar-refractivity contribution in [3.05, 3.63) is 0 Å². The molecule has 2 heteroatoms. The molecule has 1 aliphatic rings. The normalized spacial score (nSPS) is 29.0. The van der Waals surface area contributed by atoms with Crippen LogP contribution in [0.3, 0.4) is 0 Å². The second-order valence-electron chi connectivity index (χ2n) is 5.15. The third-order valence-corrected chi connectivity index (χ3v) is 3.83. The summed E-state index contributed by atoms with van der Waals surface area (Å²) in [5.41, 5.74) is 0. The maximum absolute atomic E-state index is 8.91. The van der Waals surface area contributed by atoms with Crippen LogP contribution in [0.25, 0.3) is 0 Å². The van der Waals surface area contributed by atoms with Gasteiger partial charge in [0.05, 0.1) is 0 Å². The highest BCUT2D eigenvalue weighted by Crippen LogP contribution is 2.23. The fourth-order valence-corrected chi connectivity index (χ4v) is 2.43. The van der Waals surface area contributed by atoms with E-state index in [-0.39, 0.29) is 0 Å². The molecule has 1 saturated carbocycles. The molecule has 0 aromatic heterocycles. The smallest absolute Gasteiger partial charge is 0.0434 e. The highest BCUT2D eigenvalue weighted by Gasteiger charge is 2.18. The maximum Gasteiger partial charge on any atom is 0.0434 e. The average Bonchev–Trinajstić information content (AvgIpc) is 2.26.